The Morgan fingerprint density at radius 3 is 2.50 bits per heavy atom. The van der Waals surface area contributed by atoms with E-state index in [9.17, 15) is 27.6 Å². The third kappa shape index (κ3) is 5.05. The zero-order chi connectivity index (χ0) is 29.7. The molecule has 10 nitrogen and oxygen atoms in total. The summed E-state index contributed by atoms with van der Waals surface area (Å²) in [6, 6.07) is 1.68. The molecule has 1 atom stereocenters. The van der Waals surface area contributed by atoms with Gasteiger partial charge in [0.05, 0.1) is 29.0 Å². The topological polar surface area (TPSA) is 114 Å². The molecule has 0 saturated heterocycles. The molecular formula is C26H29ClF3N7O3. The lowest BCUT2D eigenvalue weighted by Gasteiger charge is -2.35. The fourth-order valence-corrected chi connectivity index (χ4v) is 5.15. The maximum Gasteiger partial charge on any atom is 0.418 e. The van der Waals surface area contributed by atoms with Gasteiger partial charge in [-0.1, -0.05) is 11.6 Å². The minimum Gasteiger partial charge on any atom is -0.353 e. The maximum absolute atomic E-state index is 13.9. The van der Waals surface area contributed by atoms with Crippen LogP contribution >= 0.6 is 11.6 Å². The van der Waals surface area contributed by atoms with Crippen LogP contribution in [0.3, 0.4) is 0 Å². The predicted octanol–water partition coefficient (Wildman–Crippen LogP) is 3.71. The largest absolute Gasteiger partial charge is 0.418 e. The molecular weight excluding hydrogens is 551 g/mol. The number of alkyl halides is 3. The van der Waals surface area contributed by atoms with Crippen molar-refractivity contribution in [2.24, 2.45) is 7.05 Å². The monoisotopic (exact) mass is 579 g/mol. The smallest absolute Gasteiger partial charge is 0.353 e. The number of aromatic nitrogens is 4. The van der Waals surface area contributed by atoms with E-state index in [1.54, 1.807) is 14.0 Å². The summed E-state index contributed by atoms with van der Waals surface area (Å²) in [7, 11) is 3.07. The van der Waals surface area contributed by atoms with Crippen molar-refractivity contribution in [1.82, 2.24) is 29.3 Å². The zero-order valence-corrected chi connectivity index (χ0v) is 23.5. The molecule has 14 heteroatoms. The van der Waals surface area contributed by atoms with Crippen molar-refractivity contribution in [2.45, 2.75) is 58.9 Å². The second kappa shape index (κ2) is 10.6. The summed E-state index contributed by atoms with van der Waals surface area (Å²) in [5.74, 6) is -0.470. The summed E-state index contributed by atoms with van der Waals surface area (Å²) in [6.45, 7) is 6.56. The molecule has 0 radical (unpaired) electrons. The van der Waals surface area contributed by atoms with Crippen molar-refractivity contribution in [3.8, 4) is 5.82 Å². The van der Waals surface area contributed by atoms with Crippen LogP contribution in [0.2, 0.25) is 5.02 Å². The molecule has 0 fully saturated rings. The van der Waals surface area contributed by atoms with Gasteiger partial charge in [0.15, 0.2) is 5.82 Å². The Balaban J connectivity index is 1.81. The number of hydrogen-bond donors (Lipinski definition) is 2. The lowest BCUT2D eigenvalue weighted by atomic mass is 9.96. The second-order valence-electron chi connectivity index (χ2n) is 9.96. The van der Waals surface area contributed by atoms with Gasteiger partial charge in [-0.25, -0.2) is 14.5 Å². The molecule has 3 aromatic rings. The number of rotatable bonds is 5. The number of carbonyl (C=O) groups excluding carboxylic acids is 2. The Labute approximate surface area is 233 Å². The fourth-order valence-electron chi connectivity index (χ4n) is 4.84. The van der Waals surface area contributed by atoms with Gasteiger partial charge in [0.1, 0.15) is 5.82 Å². The van der Waals surface area contributed by atoms with Crippen molar-refractivity contribution in [3.05, 3.63) is 67.5 Å². The van der Waals surface area contributed by atoms with Crippen LogP contribution in [0.1, 0.15) is 64.1 Å². The summed E-state index contributed by atoms with van der Waals surface area (Å²) in [5, 5.41) is 5.15. The molecule has 4 rings (SSSR count). The van der Waals surface area contributed by atoms with Crippen molar-refractivity contribution >= 4 is 29.4 Å². The van der Waals surface area contributed by atoms with E-state index in [1.807, 2.05) is 13.8 Å². The Morgan fingerprint density at radius 1 is 1.23 bits per heavy atom. The highest BCUT2D eigenvalue weighted by Gasteiger charge is 2.38. The van der Waals surface area contributed by atoms with Crippen LogP contribution in [0.5, 0.6) is 0 Å². The molecule has 214 valence electrons. The summed E-state index contributed by atoms with van der Waals surface area (Å²) in [6.07, 6.45) is -3.21. The lowest BCUT2D eigenvalue weighted by Crippen LogP contribution is -2.46. The van der Waals surface area contributed by atoms with Gasteiger partial charge < -0.3 is 20.1 Å². The van der Waals surface area contributed by atoms with Crippen LogP contribution in [0.15, 0.2) is 23.1 Å². The van der Waals surface area contributed by atoms with Gasteiger partial charge in [0, 0.05) is 37.3 Å². The van der Waals surface area contributed by atoms with E-state index >= 15 is 0 Å². The Hall–Kier alpha value is -3.87. The minimum atomic E-state index is -4.73. The third-order valence-corrected chi connectivity index (χ3v) is 7.16. The van der Waals surface area contributed by atoms with E-state index in [0.717, 1.165) is 6.07 Å². The number of nitrogens with one attached hydrogen (secondary N) is 2. The molecule has 0 bridgehead atoms. The first-order valence-electron chi connectivity index (χ1n) is 12.5. The van der Waals surface area contributed by atoms with Gasteiger partial charge >= 0.3 is 6.18 Å². The van der Waals surface area contributed by atoms with E-state index in [4.69, 9.17) is 11.6 Å². The molecule has 1 aliphatic heterocycles. The van der Waals surface area contributed by atoms with Gasteiger partial charge in [-0.05, 0) is 51.8 Å². The first-order chi connectivity index (χ1) is 18.7. The number of nitrogens with zero attached hydrogens (tertiary/aromatic N) is 5. The Bertz CT molecular complexity index is 1560. The molecule has 2 N–H and O–H groups in total. The number of anilines is 1. The number of imidazole rings is 1. The standard InChI is InChI=1S/C26H29ClF3N7O3/c1-12(2)33-25-34-18-11-36(23(39)15-7-8-17(27)20(14(15)4)26(28,29)30)13(3)9-16(18)24(40)37(25)19-10-32-21(35(19)6)22(38)31-5/h7-8,10,12-13H,9,11H2,1-6H3,(H,31,38)(H,33,34)/t13-/m1/s1. The molecule has 1 aliphatic rings. The number of halogens is 4. The van der Waals surface area contributed by atoms with E-state index in [1.165, 1.54) is 40.3 Å². The SMILES string of the molecule is CNC(=O)c1ncc(-n2c(NC(C)C)nc3c(c2=O)C[C@@H](C)N(C(=O)c2ccc(Cl)c(C(F)(F)F)c2C)C3)n1C. The lowest BCUT2D eigenvalue weighted by molar-refractivity contribution is -0.137. The highest BCUT2D eigenvalue weighted by molar-refractivity contribution is 6.31. The number of carbonyl (C=O) groups is 2. The van der Waals surface area contributed by atoms with Gasteiger partial charge in [-0.15, -0.1) is 0 Å². The van der Waals surface area contributed by atoms with E-state index in [2.05, 4.69) is 20.6 Å². The third-order valence-electron chi connectivity index (χ3n) is 6.84. The fraction of sp³-hybridized carbons (Fsp3) is 0.423. The van der Waals surface area contributed by atoms with Gasteiger partial charge in [-0.2, -0.15) is 13.2 Å². The Kier molecular flexibility index (Phi) is 7.72. The molecule has 0 saturated carbocycles. The van der Waals surface area contributed by atoms with Crippen molar-refractivity contribution in [2.75, 3.05) is 12.4 Å². The highest BCUT2D eigenvalue weighted by atomic mass is 35.5. The highest BCUT2D eigenvalue weighted by Crippen LogP contribution is 2.39. The Morgan fingerprint density at radius 2 is 1.90 bits per heavy atom. The number of hydrogen-bond acceptors (Lipinski definition) is 6. The summed E-state index contributed by atoms with van der Waals surface area (Å²) >= 11 is 5.82. The zero-order valence-electron chi connectivity index (χ0n) is 22.8. The molecule has 2 amide bonds. The predicted molar refractivity (Wildman–Crippen MR) is 143 cm³/mol. The van der Waals surface area contributed by atoms with Crippen molar-refractivity contribution in [1.29, 1.82) is 0 Å². The average molecular weight is 580 g/mol. The first kappa shape index (κ1) is 29.1. The van der Waals surface area contributed by atoms with Crippen LogP contribution in [0.25, 0.3) is 5.82 Å². The number of benzene rings is 1. The molecule has 40 heavy (non-hydrogen) atoms. The quantitative estimate of drug-likeness (QED) is 0.476. The van der Waals surface area contributed by atoms with Crippen molar-refractivity contribution < 1.29 is 22.8 Å². The number of amides is 2. The van der Waals surface area contributed by atoms with Crippen molar-refractivity contribution in [3.63, 3.8) is 0 Å². The summed E-state index contributed by atoms with van der Waals surface area (Å²) in [4.78, 5) is 49.9. The van der Waals surface area contributed by atoms with Crippen LogP contribution < -0.4 is 16.2 Å². The molecule has 2 aromatic heterocycles. The van der Waals surface area contributed by atoms with Crippen LogP contribution in [-0.4, -0.2) is 54.9 Å². The average Bonchev–Trinajstić information content (AvgIpc) is 3.23. The van der Waals surface area contributed by atoms with E-state index in [0.29, 0.717) is 17.1 Å². The van der Waals surface area contributed by atoms with Crippen LogP contribution in [-0.2, 0) is 26.2 Å². The molecule has 3 heterocycles. The van der Waals surface area contributed by atoms with Crippen LogP contribution in [0.4, 0.5) is 19.1 Å². The minimum absolute atomic E-state index is 0.0868. The molecule has 1 aromatic carbocycles. The molecule has 0 spiro atoms. The normalized spacial score (nSPS) is 15.3. The van der Waals surface area contributed by atoms with E-state index < -0.39 is 40.2 Å². The van der Waals surface area contributed by atoms with E-state index in [-0.39, 0.29) is 41.9 Å². The molecule has 0 unspecified atom stereocenters. The van der Waals surface area contributed by atoms with Crippen LogP contribution in [0, 0.1) is 6.92 Å². The number of fused-ring (bicyclic) bond motifs is 1. The van der Waals surface area contributed by atoms with Gasteiger partial charge in [0.25, 0.3) is 17.4 Å². The summed E-state index contributed by atoms with van der Waals surface area (Å²) < 4.78 is 43.7. The first-order valence-corrected chi connectivity index (χ1v) is 12.9. The van der Waals surface area contributed by atoms with Gasteiger partial charge in [0.2, 0.25) is 5.95 Å². The summed E-state index contributed by atoms with van der Waals surface area (Å²) in [5.41, 5.74) is -1.17. The maximum atomic E-state index is 13.9. The molecule has 0 aliphatic carbocycles. The van der Waals surface area contributed by atoms with Gasteiger partial charge in [-0.3, -0.25) is 14.4 Å². The second-order valence-corrected chi connectivity index (χ2v) is 10.4.